The summed E-state index contributed by atoms with van der Waals surface area (Å²) in [6.45, 7) is 1.65. The molecule has 1 N–H and O–H groups in total. The molecule has 0 fully saturated rings. The maximum atomic E-state index is 12.5. The number of aromatic nitrogens is 2. The van der Waals surface area contributed by atoms with E-state index in [9.17, 15) is 10.0 Å². The Kier molecular flexibility index (Phi) is 6.98. The van der Waals surface area contributed by atoms with E-state index in [0.717, 1.165) is 22.7 Å². The monoisotopic (exact) mass is 471 g/mol. The van der Waals surface area contributed by atoms with Crippen LogP contribution in [0.25, 0.3) is 16.9 Å². The quantitative estimate of drug-likeness (QED) is 0.238. The summed E-state index contributed by atoms with van der Waals surface area (Å²) in [5, 5.41) is 16.3. The molecule has 34 heavy (non-hydrogen) atoms. The Bertz CT molecular complexity index is 1340. The molecule has 0 radical (unpaired) electrons. The van der Waals surface area contributed by atoms with Gasteiger partial charge in [0, 0.05) is 22.2 Å². The fraction of sp³-hybridized carbons (Fsp3) is 0.111. The minimum atomic E-state index is -0.738. The Morgan fingerprint density at radius 2 is 1.74 bits per heavy atom. The molecule has 0 saturated heterocycles. The van der Waals surface area contributed by atoms with Crippen LogP contribution in [0.3, 0.4) is 0 Å². The van der Waals surface area contributed by atoms with Crippen LogP contribution in [-0.2, 0) is 0 Å². The molecule has 0 saturated carbocycles. The number of hydrogen-bond donors (Lipinski definition) is 1. The van der Waals surface area contributed by atoms with Gasteiger partial charge in [0.25, 0.3) is 5.91 Å². The molecule has 170 valence electrons. The second-order valence-electron chi connectivity index (χ2n) is 7.49. The number of nitrogens with zero attached hydrogens (tertiary/aromatic N) is 3. The van der Waals surface area contributed by atoms with E-state index in [1.807, 2.05) is 54.6 Å². The highest BCUT2D eigenvalue weighted by Crippen LogP contribution is 2.26. The van der Waals surface area contributed by atoms with Crippen molar-refractivity contribution < 1.29 is 14.7 Å². The Morgan fingerprint density at radius 1 is 1.06 bits per heavy atom. The number of ether oxygens (including phenoxy) is 1. The molecular formula is C27H22ClN3O3. The van der Waals surface area contributed by atoms with Crippen molar-refractivity contribution in [3.05, 3.63) is 101 Å². The summed E-state index contributed by atoms with van der Waals surface area (Å²) >= 11 is 6.06. The molecule has 0 spiro atoms. The van der Waals surface area contributed by atoms with Crippen molar-refractivity contribution in [1.29, 1.82) is 0 Å². The summed E-state index contributed by atoms with van der Waals surface area (Å²) < 4.78 is 7.04. The minimum Gasteiger partial charge on any atom is -0.497 e. The Balaban J connectivity index is 1.65. The third-order valence-corrected chi connectivity index (χ3v) is 5.42. The predicted octanol–water partition coefficient (Wildman–Crippen LogP) is 5.47. The molecule has 7 heteroatoms. The molecule has 0 bridgehead atoms. The van der Waals surface area contributed by atoms with Gasteiger partial charge in [0.2, 0.25) is 0 Å². The lowest BCUT2D eigenvalue weighted by molar-refractivity contribution is -0.0703. The second-order valence-corrected chi connectivity index (χ2v) is 7.93. The van der Waals surface area contributed by atoms with Gasteiger partial charge in [0.15, 0.2) is 0 Å². The number of halogens is 1. The fourth-order valence-electron chi connectivity index (χ4n) is 3.32. The zero-order valence-electron chi connectivity index (χ0n) is 18.6. The summed E-state index contributed by atoms with van der Waals surface area (Å²) in [4.78, 5) is 12.5. The zero-order valence-corrected chi connectivity index (χ0v) is 19.4. The number of hydroxylamine groups is 2. The van der Waals surface area contributed by atoms with Gasteiger partial charge in [0.1, 0.15) is 17.5 Å². The van der Waals surface area contributed by atoms with Crippen LogP contribution in [0, 0.1) is 11.8 Å². The van der Waals surface area contributed by atoms with Crippen LogP contribution in [0.15, 0.2) is 84.9 Å². The molecular weight excluding hydrogens is 450 g/mol. The number of carbonyl (C=O) groups is 1. The van der Waals surface area contributed by atoms with Gasteiger partial charge in [-0.05, 0) is 61.4 Å². The van der Waals surface area contributed by atoms with E-state index >= 15 is 0 Å². The van der Waals surface area contributed by atoms with Crippen molar-refractivity contribution in [2.75, 3.05) is 7.11 Å². The van der Waals surface area contributed by atoms with Gasteiger partial charge >= 0.3 is 0 Å². The van der Waals surface area contributed by atoms with Gasteiger partial charge in [-0.1, -0.05) is 47.9 Å². The van der Waals surface area contributed by atoms with E-state index in [-0.39, 0.29) is 0 Å². The fourth-order valence-corrected chi connectivity index (χ4v) is 3.44. The maximum absolute atomic E-state index is 12.5. The topological polar surface area (TPSA) is 67.6 Å². The molecule has 4 aromatic rings. The Morgan fingerprint density at radius 3 is 2.38 bits per heavy atom. The number of carbonyl (C=O) groups excluding carboxylic acids is 1. The van der Waals surface area contributed by atoms with Gasteiger partial charge in [-0.25, -0.2) is 9.75 Å². The molecule has 0 aliphatic heterocycles. The first kappa shape index (κ1) is 23.1. The molecule has 0 aliphatic carbocycles. The van der Waals surface area contributed by atoms with Gasteiger partial charge in [-0.3, -0.25) is 10.0 Å². The number of rotatable bonds is 5. The van der Waals surface area contributed by atoms with E-state index in [4.69, 9.17) is 16.3 Å². The number of methoxy groups -OCH3 is 1. The largest absolute Gasteiger partial charge is 0.497 e. The van der Waals surface area contributed by atoms with Crippen molar-refractivity contribution in [3.63, 3.8) is 0 Å². The highest BCUT2D eigenvalue weighted by Gasteiger charge is 2.18. The van der Waals surface area contributed by atoms with Crippen molar-refractivity contribution in [2.45, 2.75) is 13.0 Å². The Hall–Kier alpha value is -4.05. The molecule has 1 heterocycles. The first-order chi connectivity index (χ1) is 16.5. The van der Waals surface area contributed by atoms with Gasteiger partial charge < -0.3 is 4.74 Å². The predicted molar refractivity (Wildman–Crippen MR) is 131 cm³/mol. The first-order valence-corrected chi connectivity index (χ1v) is 10.9. The Labute approximate surface area is 202 Å². The summed E-state index contributed by atoms with van der Waals surface area (Å²) in [5.41, 5.74) is 3.44. The molecule has 1 unspecified atom stereocenters. The van der Waals surface area contributed by atoms with Gasteiger partial charge in [-0.2, -0.15) is 5.10 Å². The summed E-state index contributed by atoms with van der Waals surface area (Å²) in [6.07, 6.45) is 0. The molecule has 4 rings (SSSR count). The molecule has 1 atom stereocenters. The van der Waals surface area contributed by atoms with E-state index in [1.165, 1.54) is 0 Å². The average molecular weight is 472 g/mol. The molecule has 6 nitrogen and oxygen atoms in total. The minimum absolute atomic E-state index is 0.382. The molecule has 3 aromatic carbocycles. The van der Waals surface area contributed by atoms with Crippen LogP contribution in [0.4, 0.5) is 0 Å². The molecule has 0 aliphatic rings. The van der Waals surface area contributed by atoms with Crippen molar-refractivity contribution in [3.8, 4) is 34.5 Å². The molecule has 1 amide bonds. The van der Waals surface area contributed by atoms with Crippen LogP contribution in [0.2, 0.25) is 5.02 Å². The lowest BCUT2D eigenvalue weighted by atomic mass is 10.1. The van der Waals surface area contributed by atoms with E-state index in [1.54, 1.807) is 49.0 Å². The SMILES string of the molecule is COc1ccc(-n2nc(C#CC(C)N(O)C(=O)c3ccccc3)cc2-c2ccc(Cl)cc2)cc1. The van der Waals surface area contributed by atoms with Crippen LogP contribution in [0.1, 0.15) is 23.0 Å². The third kappa shape index (κ3) is 5.12. The van der Waals surface area contributed by atoms with Crippen molar-refractivity contribution >= 4 is 17.5 Å². The zero-order chi connectivity index (χ0) is 24.1. The normalized spacial score (nSPS) is 11.3. The maximum Gasteiger partial charge on any atom is 0.278 e. The van der Waals surface area contributed by atoms with Gasteiger partial charge in [0.05, 0.1) is 18.5 Å². The van der Waals surface area contributed by atoms with E-state index in [0.29, 0.717) is 21.3 Å². The lowest BCUT2D eigenvalue weighted by Gasteiger charge is -2.17. The lowest BCUT2D eigenvalue weighted by Crippen LogP contribution is -2.34. The number of amides is 1. The standard InChI is InChI=1S/C27H22ClN3O3/c1-19(31(33)27(32)21-6-4-3-5-7-21)8-13-23-18-26(20-9-11-22(28)12-10-20)30(29-23)24-14-16-25(34-2)17-15-24/h3-7,9-12,14-19,33H,1-2H3. The van der Waals surface area contributed by atoms with Gasteiger partial charge in [-0.15, -0.1) is 0 Å². The third-order valence-electron chi connectivity index (χ3n) is 5.17. The van der Waals surface area contributed by atoms with Crippen molar-refractivity contribution in [1.82, 2.24) is 14.8 Å². The average Bonchev–Trinajstić information content (AvgIpc) is 3.31. The van der Waals surface area contributed by atoms with Crippen LogP contribution < -0.4 is 4.74 Å². The number of benzene rings is 3. The highest BCUT2D eigenvalue weighted by atomic mass is 35.5. The molecule has 1 aromatic heterocycles. The highest BCUT2D eigenvalue weighted by molar-refractivity contribution is 6.30. The first-order valence-electron chi connectivity index (χ1n) is 10.6. The van der Waals surface area contributed by atoms with E-state index in [2.05, 4.69) is 16.9 Å². The number of hydrogen-bond acceptors (Lipinski definition) is 4. The van der Waals surface area contributed by atoms with E-state index < -0.39 is 11.9 Å². The summed E-state index contributed by atoms with van der Waals surface area (Å²) in [5.74, 6) is 6.11. The second kappa shape index (κ2) is 10.3. The summed E-state index contributed by atoms with van der Waals surface area (Å²) in [7, 11) is 1.61. The smallest absolute Gasteiger partial charge is 0.278 e. The van der Waals surface area contributed by atoms with Crippen LogP contribution in [-0.4, -0.2) is 39.1 Å². The van der Waals surface area contributed by atoms with Crippen molar-refractivity contribution in [2.24, 2.45) is 0 Å². The van der Waals surface area contributed by atoms with Crippen LogP contribution >= 0.6 is 11.6 Å². The van der Waals surface area contributed by atoms with Crippen LogP contribution in [0.5, 0.6) is 5.75 Å². The summed E-state index contributed by atoms with van der Waals surface area (Å²) in [6, 6.07) is 24.6.